The smallest absolute Gasteiger partial charge is 0.425 e. The third-order valence-electron chi connectivity index (χ3n) is 1.88. The Morgan fingerprint density at radius 2 is 2.18 bits per heavy atom. The van der Waals surface area contributed by atoms with Gasteiger partial charge in [0, 0.05) is 6.20 Å². The van der Waals surface area contributed by atoms with E-state index in [1.807, 2.05) is 0 Å². The number of nitrogens with two attached hydrogens (primary N) is 1. The first kappa shape index (κ1) is 13.1. The first-order valence-corrected chi connectivity index (χ1v) is 4.44. The molecule has 1 atom stereocenters. The summed E-state index contributed by atoms with van der Waals surface area (Å²) >= 11 is 0. The second-order valence-electron chi connectivity index (χ2n) is 3.23. The number of aromatic nitrogens is 1. The average molecular weight is 250 g/mol. The largest absolute Gasteiger partial charge is 0.478 e. The van der Waals surface area contributed by atoms with Crippen LogP contribution in [0.4, 0.5) is 18.9 Å². The summed E-state index contributed by atoms with van der Waals surface area (Å²) in [4.78, 5) is 14.0. The summed E-state index contributed by atoms with van der Waals surface area (Å²) in [5.74, 6) is -1.72. The first-order valence-electron chi connectivity index (χ1n) is 4.44. The number of ether oxygens (including phenoxy) is 1. The monoisotopic (exact) mass is 250 g/mol. The zero-order valence-corrected chi connectivity index (χ0v) is 8.65. The number of anilines is 1. The van der Waals surface area contributed by atoms with Gasteiger partial charge in [-0.2, -0.15) is 13.2 Å². The van der Waals surface area contributed by atoms with Crippen molar-refractivity contribution < 1.29 is 27.8 Å². The van der Waals surface area contributed by atoms with E-state index in [-0.39, 0.29) is 11.3 Å². The maximum absolute atomic E-state index is 12.2. The van der Waals surface area contributed by atoms with E-state index in [9.17, 15) is 18.0 Å². The molecule has 0 aromatic carbocycles. The molecule has 0 aliphatic rings. The van der Waals surface area contributed by atoms with E-state index in [1.165, 1.54) is 0 Å². The molecule has 1 unspecified atom stereocenters. The Bertz CT molecular complexity index is 434. The van der Waals surface area contributed by atoms with Crippen molar-refractivity contribution in [2.45, 2.75) is 19.2 Å². The van der Waals surface area contributed by atoms with Crippen molar-refractivity contribution in [1.82, 2.24) is 4.98 Å². The number of hydrogen-bond acceptors (Lipinski definition) is 4. The molecule has 5 nitrogen and oxygen atoms in total. The highest BCUT2D eigenvalue weighted by Crippen LogP contribution is 2.27. The van der Waals surface area contributed by atoms with Crippen LogP contribution in [0.1, 0.15) is 17.3 Å². The number of nitrogens with zero attached hydrogens (tertiary/aromatic N) is 1. The van der Waals surface area contributed by atoms with Crippen LogP contribution in [0.25, 0.3) is 0 Å². The number of hydrogen-bond donors (Lipinski definition) is 2. The predicted molar refractivity (Wildman–Crippen MR) is 51.8 cm³/mol. The molecular formula is C9H9F3N2O3. The molecule has 8 heteroatoms. The normalized spacial score (nSPS) is 13.2. The molecule has 17 heavy (non-hydrogen) atoms. The van der Waals surface area contributed by atoms with Crippen molar-refractivity contribution >= 4 is 11.7 Å². The molecule has 3 N–H and O–H groups in total. The van der Waals surface area contributed by atoms with Crippen LogP contribution >= 0.6 is 0 Å². The number of rotatable bonds is 3. The molecule has 1 rings (SSSR count). The fourth-order valence-electron chi connectivity index (χ4n) is 0.919. The van der Waals surface area contributed by atoms with E-state index in [0.717, 1.165) is 19.2 Å². The predicted octanol–water partition coefficient (Wildman–Crippen LogP) is 1.69. The lowest BCUT2D eigenvalue weighted by molar-refractivity contribution is -0.189. The van der Waals surface area contributed by atoms with Gasteiger partial charge in [-0.05, 0) is 13.0 Å². The van der Waals surface area contributed by atoms with Gasteiger partial charge in [0.15, 0.2) is 6.10 Å². The summed E-state index contributed by atoms with van der Waals surface area (Å²) in [6.45, 7) is 0.798. The molecule has 0 radical (unpaired) electrons. The first-order chi connectivity index (χ1) is 7.71. The minimum absolute atomic E-state index is 0.227. The lowest BCUT2D eigenvalue weighted by Gasteiger charge is -2.17. The average Bonchev–Trinajstić information content (AvgIpc) is 2.19. The quantitative estimate of drug-likeness (QED) is 0.852. The lowest BCUT2D eigenvalue weighted by Crippen LogP contribution is -2.31. The summed E-state index contributed by atoms with van der Waals surface area (Å²) < 4.78 is 41.0. The van der Waals surface area contributed by atoms with Crippen LogP contribution in [0.3, 0.4) is 0 Å². The number of carbonyl (C=O) groups is 1. The van der Waals surface area contributed by atoms with Gasteiger partial charge in [0.05, 0.1) is 11.3 Å². The van der Waals surface area contributed by atoms with Crippen LogP contribution in [-0.2, 0) is 0 Å². The minimum atomic E-state index is -4.54. The SMILES string of the molecule is CC(Oc1ncc(C(=O)O)cc1N)C(F)(F)F. The number of nitrogen functional groups attached to an aromatic ring is 1. The van der Waals surface area contributed by atoms with Crippen LogP contribution in [0.5, 0.6) is 5.88 Å². The standard InChI is InChI=1S/C9H9F3N2O3/c1-4(9(10,11)12)17-7-6(13)2-5(3-14-7)8(15)16/h2-4H,13H2,1H3,(H,15,16). The van der Waals surface area contributed by atoms with Crippen LogP contribution in [0.15, 0.2) is 12.3 Å². The molecular weight excluding hydrogens is 241 g/mol. The van der Waals surface area contributed by atoms with Gasteiger partial charge in [-0.1, -0.05) is 0 Å². The van der Waals surface area contributed by atoms with Gasteiger partial charge >= 0.3 is 12.1 Å². The van der Waals surface area contributed by atoms with E-state index in [0.29, 0.717) is 0 Å². The number of halogens is 3. The Labute approximate surface area is 94.0 Å². The molecule has 1 aromatic rings. The number of carboxylic acid groups (broad SMARTS) is 1. The third-order valence-corrected chi connectivity index (χ3v) is 1.88. The number of carboxylic acids is 1. The zero-order valence-electron chi connectivity index (χ0n) is 8.65. The van der Waals surface area contributed by atoms with Crippen LogP contribution in [-0.4, -0.2) is 28.3 Å². The van der Waals surface area contributed by atoms with Crippen molar-refractivity contribution in [3.05, 3.63) is 17.8 Å². The van der Waals surface area contributed by atoms with Gasteiger partial charge < -0.3 is 15.6 Å². The van der Waals surface area contributed by atoms with Gasteiger partial charge in [0.25, 0.3) is 0 Å². The van der Waals surface area contributed by atoms with E-state index in [4.69, 9.17) is 10.8 Å². The highest BCUT2D eigenvalue weighted by atomic mass is 19.4. The summed E-state index contributed by atoms with van der Waals surface area (Å²) in [6, 6.07) is 0.980. The van der Waals surface area contributed by atoms with E-state index in [2.05, 4.69) is 9.72 Å². The molecule has 0 saturated heterocycles. The summed E-state index contributed by atoms with van der Waals surface area (Å²) in [6.07, 6.45) is -5.75. The van der Waals surface area contributed by atoms with Gasteiger partial charge in [0.1, 0.15) is 0 Å². The molecule has 94 valence electrons. The highest BCUT2D eigenvalue weighted by Gasteiger charge is 2.38. The van der Waals surface area contributed by atoms with Gasteiger partial charge in [-0.3, -0.25) is 0 Å². The van der Waals surface area contributed by atoms with E-state index >= 15 is 0 Å². The van der Waals surface area contributed by atoms with Crippen molar-refractivity contribution in [3.8, 4) is 5.88 Å². The number of pyridine rings is 1. The maximum atomic E-state index is 12.2. The summed E-state index contributed by atoms with van der Waals surface area (Å²) in [5.41, 5.74) is 4.84. The van der Waals surface area contributed by atoms with Crippen molar-refractivity contribution in [1.29, 1.82) is 0 Å². The lowest BCUT2D eigenvalue weighted by atomic mass is 10.2. The number of alkyl halides is 3. The van der Waals surface area contributed by atoms with Crippen LogP contribution < -0.4 is 10.5 Å². The second-order valence-corrected chi connectivity index (χ2v) is 3.23. The maximum Gasteiger partial charge on any atom is 0.425 e. The molecule has 0 fully saturated rings. The van der Waals surface area contributed by atoms with Gasteiger partial charge in [-0.15, -0.1) is 0 Å². The highest BCUT2D eigenvalue weighted by molar-refractivity contribution is 5.88. The minimum Gasteiger partial charge on any atom is -0.478 e. The van der Waals surface area contributed by atoms with E-state index in [1.54, 1.807) is 0 Å². The Hall–Kier alpha value is -1.99. The Balaban J connectivity index is 2.90. The third kappa shape index (κ3) is 3.23. The van der Waals surface area contributed by atoms with Gasteiger partial charge in [0.2, 0.25) is 5.88 Å². The molecule has 0 spiro atoms. The van der Waals surface area contributed by atoms with Crippen LogP contribution in [0, 0.1) is 0 Å². The van der Waals surface area contributed by atoms with Crippen molar-refractivity contribution in [3.63, 3.8) is 0 Å². The summed E-state index contributed by atoms with van der Waals surface area (Å²) in [7, 11) is 0. The molecule has 0 saturated carbocycles. The Morgan fingerprint density at radius 3 is 2.59 bits per heavy atom. The zero-order chi connectivity index (χ0) is 13.2. The summed E-state index contributed by atoms with van der Waals surface area (Å²) in [5, 5.41) is 8.59. The van der Waals surface area contributed by atoms with Crippen molar-refractivity contribution in [2.75, 3.05) is 5.73 Å². The fraction of sp³-hybridized carbons (Fsp3) is 0.333. The van der Waals surface area contributed by atoms with Crippen LogP contribution in [0.2, 0.25) is 0 Å². The van der Waals surface area contributed by atoms with Gasteiger partial charge in [-0.25, -0.2) is 9.78 Å². The Morgan fingerprint density at radius 1 is 1.59 bits per heavy atom. The molecule has 0 bridgehead atoms. The Kier molecular flexibility index (Phi) is 3.45. The molecule has 0 aliphatic carbocycles. The molecule has 0 aliphatic heterocycles. The number of aromatic carboxylic acids is 1. The fourth-order valence-corrected chi connectivity index (χ4v) is 0.919. The molecule has 1 aromatic heterocycles. The molecule has 1 heterocycles. The topological polar surface area (TPSA) is 85.4 Å². The van der Waals surface area contributed by atoms with E-state index < -0.39 is 24.1 Å². The second kappa shape index (κ2) is 4.48. The van der Waals surface area contributed by atoms with Crippen molar-refractivity contribution in [2.24, 2.45) is 0 Å². The molecule has 0 amide bonds.